The number of nitrogens with zero attached hydrogens (tertiary/aromatic N) is 2. The molecule has 0 spiro atoms. The normalized spacial score (nSPS) is 14.2. The van der Waals surface area contributed by atoms with Gasteiger partial charge in [0.25, 0.3) is 0 Å². The summed E-state index contributed by atoms with van der Waals surface area (Å²) in [4.78, 5) is 18.0. The molecular formula is C14H24N4O. The maximum atomic E-state index is 11.8. The summed E-state index contributed by atoms with van der Waals surface area (Å²) in [6.45, 7) is 4.99. The highest BCUT2D eigenvalue weighted by Crippen LogP contribution is 2.19. The Kier molecular flexibility index (Phi) is 6.45. The van der Waals surface area contributed by atoms with E-state index in [1.807, 2.05) is 44.0 Å². The molecule has 2 unspecified atom stereocenters. The minimum Gasteiger partial charge on any atom is -0.355 e. The number of aromatic nitrogens is 1. The van der Waals surface area contributed by atoms with Crippen molar-refractivity contribution in [2.24, 2.45) is 5.73 Å². The smallest absolute Gasteiger partial charge is 0.234 e. The minimum absolute atomic E-state index is 0.0194. The van der Waals surface area contributed by atoms with E-state index >= 15 is 0 Å². The molecule has 0 saturated heterocycles. The van der Waals surface area contributed by atoms with Crippen molar-refractivity contribution >= 4 is 5.91 Å². The summed E-state index contributed by atoms with van der Waals surface area (Å²) >= 11 is 0. The molecule has 1 amide bonds. The number of hydrogen-bond donors (Lipinski definition) is 2. The van der Waals surface area contributed by atoms with E-state index in [1.165, 1.54) is 0 Å². The first-order chi connectivity index (χ1) is 9.06. The number of carbonyl (C=O) groups is 1. The zero-order valence-corrected chi connectivity index (χ0v) is 12.0. The molecule has 0 saturated carbocycles. The van der Waals surface area contributed by atoms with Gasteiger partial charge in [-0.1, -0.05) is 13.0 Å². The molecule has 106 valence electrons. The average Bonchev–Trinajstić information content (AvgIpc) is 2.37. The van der Waals surface area contributed by atoms with Crippen LogP contribution in [0.1, 0.15) is 32.0 Å². The maximum Gasteiger partial charge on any atom is 0.234 e. The van der Waals surface area contributed by atoms with Gasteiger partial charge in [-0.3, -0.25) is 14.7 Å². The van der Waals surface area contributed by atoms with E-state index in [2.05, 4.69) is 10.3 Å². The lowest BCUT2D eigenvalue weighted by Gasteiger charge is -2.30. The highest BCUT2D eigenvalue weighted by atomic mass is 16.2. The molecule has 1 rings (SSSR count). The Morgan fingerprint density at radius 2 is 2.26 bits per heavy atom. The second-order valence-corrected chi connectivity index (χ2v) is 4.82. The van der Waals surface area contributed by atoms with E-state index in [0.717, 1.165) is 12.1 Å². The van der Waals surface area contributed by atoms with Crippen LogP contribution in [0.2, 0.25) is 0 Å². The number of likely N-dealkylation sites (N-methyl/N-ethyl adjacent to an activating group) is 1. The molecule has 0 aliphatic carbocycles. The van der Waals surface area contributed by atoms with Crippen molar-refractivity contribution in [1.29, 1.82) is 0 Å². The number of nitrogens with two attached hydrogens (primary N) is 1. The van der Waals surface area contributed by atoms with Crippen molar-refractivity contribution in [3.05, 3.63) is 30.1 Å². The van der Waals surface area contributed by atoms with Crippen LogP contribution in [-0.4, -0.2) is 42.0 Å². The predicted octanol–water partition coefficient (Wildman–Crippen LogP) is 0.928. The molecule has 0 bridgehead atoms. The van der Waals surface area contributed by atoms with Crippen molar-refractivity contribution in [2.75, 3.05) is 20.1 Å². The van der Waals surface area contributed by atoms with Gasteiger partial charge < -0.3 is 11.1 Å². The summed E-state index contributed by atoms with van der Waals surface area (Å²) in [5.41, 5.74) is 6.92. The van der Waals surface area contributed by atoms with Crippen molar-refractivity contribution in [2.45, 2.75) is 32.4 Å². The Bertz CT molecular complexity index is 380. The van der Waals surface area contributed by atoms with Gasteiger partial charge in [-0.15, -0.1) is 0 Å². The van der Waals surface area contributed by atoms with Gasteiger partial charge in [-0.25, -0.2) is 0 Å². The Morgan fingerprint density at radius 3 is 2.79 bits per heavy atom. The standard InChI is InChI=1S/C14H24N4O/c1-4-8-17-13(19)10-18(3)14(11(2)15)12-7-5-6-9-16-12/h5-7,9,11,14H,4,8,10,15H2,1-3H3,(H,17,19). The lowest BCUT2D eigenvalue weighted by Crippen LogP contribution is -2.43. The first-order valence-electron chi connectivity index (χ1n) is 6.69. The molecule has 1 aromatic rings. The third-order valence-electron chi connectivity index (χ3n) is 2.93. The first-order valence-corrected chi connectivity index (χ1v) is 6.69. The zero-order valence-electron chi connectivity index (χ0n) is 12.0. The molecule has 1 heterocycles. The third-order valence-corrected chi connectivity index (χ3v) is 2.93. The molecule has 5 heteroatoms. The molecule has 0 radical (unpaired) electrons. The highest BCUT2D eigenvalue weighted by molar-refractivity contribution is 5.78. The summed E-state index contributed by atoms with van der Waals surface area (Å²) in [5, 5.41) is 2.87. The molecule has 3 N–H and O–H groups in total. The summed E-state index contributed by atoms with van der Waals surface area (Å²) in [5.74, 6) is 0.0194. The Labute approximate surface area is 115 Å². The number of hydrogen-bond acceptors (Lipinski definition) is 4. The lowest BCUT2D eigenvalue weighted by atomic mass is 10.0. The zero-order chi connectivity index (χ0) is 14.3. The van der Waals surface area contributed by atoms with Gasteiger partial charge in [-0.2, -0.15) is 0 Å². The molecule has 0 aromatic carbocycles. The average molecular weight is 264 g/mol. The second kappa shape index (κ2) is 7.86. The van der Waals surface area contributed by atoms with Crippen LogP contribution >= 0.6 is 0 Å². The summed E-state index contributed by atoms with van der Waals surface area (Å²) < 4.78 is 0. The van der Waals surface area contributed by atoms with Gasteiger partial charge >= 0.3 is 0 Å². The van der Waals surface area contributed by atoms with Gasteiger partial charge in [0.15, 0.2) is 0 Å². The summed E-state index contributed by atoms with van der Waals surface area (Å²) in [6.07, 6.45) is 2.68. The van der Waals surface area contributed by atoms with E-state index in [0.29, 0.717) is 13.1 Å². The summed E-state index contributed by atoms with van der Waals surface area (Å²) in [7, 11) is 1.90. The fraction of sp³-hybridized carbons (Fsp3) is 0.571. The number of amides is 1. The van der Waals surface area contributed by atoms with Crippen LogP contribution in [0.4, 0.5) is 0 Å². The van der Waals surface area contributed by atoms with Crippen molar-refractivity contribution in [3.8, 4) is 0 Å². The van der Waals surface area contributed by atoms with Crippen molar-refractivity contribution in [3.63, 3.8) is 0 Å². The molecule has 19 heavy (non-hydrogen) atoms. The van der Waals surface area contributed by atoms with Crippen LogP contribution in [0.25, 0.3) is 0 Å². The molecule has 1 aromatic heterocycles. The van der Waals surface area contributed by atoms with Gasteiger partial charge in [-0.05, 0) is 32.5 Å². The number of rotatable bonds is 7. The fourth-order valence-electron chi connectivity index (χ4n) is 2.09. The van der Waals surface area contributed by atoms with Crippen LogP contribution in [0, 0.1) is 0 Å². The van der Waals surface area contributed by atoms with Gasteiger partial charge in [0, 0.05) is 18.8 Å². The molecule has 0 aliphatic heterocycles. The quantitative estimate of drug-likeness (QED) is 0.768. The number of nitrogens with one attached hydrogen (secondary N) is 1. The van der Waals surface area contributed by atoms with Gasteiger partial charge in [0.05, 0.1) is 18.3 Å². The molecular weight excluding hydrogens is 240 g/mol. The van der Waals surface area contributed by atoms with Gasteiger partial charge in [0.2, 0.25) is 5.91 Å². The van der Waals surface area contributed by atoms with E-state index in [1.54, 1.807) is 6.20 Å². The third kappa shape index (κ3) is 4.96. The first kappa shape index (κ1) is 15.6. The second-order valence-electron chi connectivity index (χ2n) is 4.82. The van der Waals surface area contributed by atoms with Gasteiger partial charge in [0.1, 0.15) is 0 Å². The van der Waals surface area contributed by atoms with E-state index in [-0.39, 0.29) is 18.0 Å². The molecule has 2 atom stereocenters. The maximum absolute atomic E-state index is 11.8. The lowest BCUT2D eigenvalue weighted by molar-refractivity contribution is -0.122. The van der Waals surface area contributed by atoms with Crippen LogP contribution in [0.3, 0.4) is 0 Å². The molecule has 5 nitrogen and oxygen atoms in total. The Hall–Kier alpha value is -1.46. The molecule has 0 aliphatic rings. The van der Waals surface area contributed by atoms with Crippen molar-refractivity contribution < 1.29 is 4.79 Å². The van der Waals surface area contributed by atoms with Crippen LogP contribution in [-0.2, 0) is 4.79 Å². The Morgan fingerprint density at radius 1 is 1.53 bits per heavy atom. The van der Waals surface area contributed by atoms with E-state index in [4.69, 9.17) is 5.73 Å². The summed E-state index contributed by atoms with van der Waals surface area (Å²) in [6, 6.07) is 5.58. The minimum atomic E-state index is -0.0983. The van der Waals surface area contributed by atoms with E-state index in [9.17, 15) is 4.79 Å². The van der Waals surface area contributed by atoms with E-state index < -0.39 is 0 Å². The molecule has 0 fully saturated rings. The van der Waals surface area contributed by atoms with Crippen LogP contribution in [0.5, 0.6) is 0 Å². The van der Waals surface area contributed by atoms with Crippen LogP contribution in [0.15, 0.2) is 24.4 Å². The highest BCUT2D eigenvalue weighted by Gasteiger charge is 2.23. The largest absolute Gasteiger partial charge is 0.355 e. The van der Waals surface area contributed by atoms with Crippen molar-refractivity contribution in [1.82, 2.24) is 15.2 Å². The SMILES string of the molecule is CCCNC(=O)CN(C)C(c1ccccn1)C(C)N. The predicted molar refractivity (Wildman–Crippen MR) is 76.6 cm³/mol. The monoisotopic (exact) mass is 264 g/mol. The van der Waals surface area contributed by atoms with Crippen LogP contribution < -0.4 is 11.1 Å². The number of carbonyl (C=O) groups excluding carboxylic acids is 1. The number of pyridine rings is 1. The Balaban J connectivity index is 2.69. The fourth-order valence-corrected chi connectivity index (χ4v) is 2.09. The topological polar surface area (TPSA) is 71.2 Å².